The second-order valence-corrected chi connectivity index (χ2v) is 4.66. The van der Waals surface area contributed by atoms with Gasteiger partial charge in [-0.05, 0) is 16.5 Å². The van der Waals surface area contributed by atoms with E-state index in [9.17, 15) is 4.79 Å². The highest BCUT2D eigenvalue weighted by Gasteiger charge is 2.18. The number of benzene rings is 1. The number of carbonyl (C=O) groups is 1. The van der Waals surface area contributed by atoms with E-state index in [0.717, 1.165) is 16.3 Å². The van der Waals surface area contributed by atoms with Crippen LogP contribution >= 0.6 is 11.8 Å². The van der Waals surface area contributed by atoms with Crippen LogP contribution in [0, 0.1) is 0 Å². The molecule has 19 heavy (non-hydrogen) atoms. The molecule has 1 aromatic heterocycles. The van der Waals surface area contributed by atoms with Gasteiger partial charge in [-0.25, -0.2) is 4.52 Å². The third-order valence-electron chi connectivity index (χ3n) is 2.42. The lowest BCUT2D eigenvalue weighted by atomic mass is 10.2. The van der Waals surface area contributed by atoms with Gasteiger partial charge in [-0.1, -0.05) is 30.3 Å². The van der Waals surface area contributed by atoms with Gasteiger partial charge in [-0.3, -0.25) is 4.79 Å². The first-order valence-electron chi connectivity index (χ1n) is 5.46. The zero-order chi connectivity index (χ0) is 13.0. The fourth-order valence-corrected chi connectivity index (χ4v) is 2.28. The summed E-state index contributed by atoms with van der Waals surface area (Å²) in [6.45, 7) is 0. The maximum Gasteiger partial charge on any atom is 0.316 e. The number of thioether (sulfide) groups is 1. The van der Waals surface area contributed by atoms with Gasteiger partial charge < -0.3 is 17.1 Å². The standard InChI is InChI=1S/C13H14NO3S.ClH/c1-14-12(18-9-13(15)16-2)8-11(17-14)10-6-4-3-5-7-10;/h3-8H,9H2,1-2H3;1H/q+1;/p-1. The summed E-state index contributed by atoms with van der Waals surface area (Å²) in [5.74, 6) is 0.811. The highest BCUT2D eigenvalue weighted by atomic mass is 35.5. The number of carbonyl (C=O) groups excluding carboxylic acids is 1. The quantitative estimate of drug-likeness (QED) is 0.414. The number of hydrogen-bond acceptors (Lipinski definition) is 4. The van der Waals surface area contributed by atoms with Crippen molar-refractivity contribution in [2.45, 2.75) is 5.03 Å². The number of ether oxygens (including phenoxy) is 1. The van der Waals surface area contributed by atoms with Crippen LogP contribution in [0.15, 0.2) is 45.9 Å². The topological polar surface area (TPSA) is 43.3 Å². The Balaban J connectivity index is 0.00000180. The number of aryl methyl sites for hydroxylation is 1. The van der Waals surface area contributed by atoms with Crippen molar-refractivity contribution >= 4 is 17.7 Å². The summed E-state index contributed by atoms with van der Waals surface area (Å²) in [7, 11) is 3.19. The Bertz CT molecular complexity index is 542. The Morgan fingerprint density at radius 2 is 2.05 bits per heavy atom. The minimum Gasteiger partial charge on any atom is -1.00 e. The monoisotopic (exact) mass is 299 g/mol. The van der Waals surface area contributed by atoms with Crippen molar-refractivity contribution in [1.29, 1.82) is 0 Å². The lowest BCUT2D eigenvalue weighted by Gasteiger charge is -1.93. The van der Waals surface area contributed by atoms with Crippen LogP contribution in [-0.4, -0.2) is 18.8 Å². The summed E-state index contributed by atoms with van der Waals surface area (Å²) >= 11 is 1.39. The average Bonchev–Trinajstić information content (AvgIpc) is 2.78. The van der Waals surface area contributed by atoms with Gasteiger partial charge in [0.05, 0.1) is 13.2 Å². The largest absolute Gasteiger partial charge is 1.00 e. The molecule has 0 aliphatic carbocycles. The number of hydrogen-bond donors (Lipinski definition) is 0. The molecule has 2 rings (SSSR count). The average molecular weight is 300 g/mol. The van der Waals surface area contributed by atoms with E-state index in [2.05, 4.69) is 4.74 Å². The van der Waals surface area contributed by atoms with E-state index < -0.39 is 0 Å². The van der Waals surface area contributed by atoms with Crippen LogP contribution in [0.3, 0.4) is 0 Å². The Kier molecular flexibility index (Phi) is 5.92. The Morgan fingerprint density at radius 1 is 1.37 bits per heavy atom. The molecule has 0 saturated heterocycles. The van der Waals surface area contributed by atoms with E-state index in [4.69, 9.17) is 4.52 Å². The molecule has 0 spiro atoms. The zero-order valence-corrected chi connectivity index (χ0v) is 12.2. The van der Waals surface area contributed by atoms with Gasteiger partial charge in [-0.2, -0.15) is 0 Å². The molecule has 0 aliphatic heterocycles. The maximum absolute atomic E-state index is 11.1. The summed E-state index contributed by atoms with van der Waals surface area (Å²) in [6, 6.07) is 11.8. The highest BCUT2D eigenvalue weighted by molar-refractivity contribution is 7.99. The first-order chi connectivity index (χ1) is 8.70. The summed E-state index contributed by atoms with van der Waals surface area (Å²) in [4.78, 5) is 11.1. The van der Waals surface area contributed by atoms with Crippen molar-refractivity contribution in [3.05, 3.63) is 36.4 Å². The van der Waals surface area contributed by atoms with E-state index in [0.29, 0.717) is 0 Å². The molecule has 6 heteroatoms. The Hall–Kier alpha value is -1.46. The lowest BCUT2D eigenvalue weighted by Crippen LogP contribution is -3.00. The van der Waals surface area contributed by atoms with Gasteiger partial charge in [0.25, 0.3) is 5.03 Å². The van der Waals surface area contributed by atoms with Crippen LogP contribution < -0.4 is 17.1 Å². The van der Waals surface area contributed by atoms with Crippen LogP contribution in [0.5, 0.6) is 0 Å². The number of rotatable bonds is 4. The van der Waals surface area contributed by atoms with Gasteiger partial charge in [0.2, 0.25) is 5.76 Å². The first-order valence-corrected chi connectivity index (χ1v) is 6.44. The molecule has 0 fully saturated rings. The van der Waals surface area contributed by atoms with Crippen molar-refractivity contribution in [2.75, 3.05) is 12.9 Å². The summed E-state index contributed by atoms with van der Waals surface area (Å²) in [6.07, 6.45) is 0. The van der Waals surface area contributed by atoms with Crippen molar-refractivity contribution in [1.82, 2.24) is 0 Å². The molecule has 1 heterocycles. The molecule has 2 aromatic rings. The lowest BCUT2D eigenvalue weighted by molar-refractivity contribution is -0.872. The molecule has 0 radical (unpaired) electrons. The van der Waals surface area contributed by atoms with E-state index in [1.54, 1.807) is 4.74 Å². The highest BCUT2D eigenvalue weighted by Crippen LogP contribution is 2.23. The molecule has 4 nitrogen and oxygen atoms in total. The second kappa shape index (κ2) is 7.21. The molecule has 1 aromatic carbocycles. The molecule has 0 atom stereocenters. The fourth-order valence-electron chi connectivity index (χ4n) is 1.48. The molecule has 102 valence electrons. The number of aromatic nitrogens is 1. The van der Waals surface area contributed by atoms with E-state index in [1.807, 2.05) is 43.4 Å². The molecule has 0 aliphatic rings. The molecular formula is C13H14ClNO3S. The SMILES string of the molecule is COC(=O)CSc1cc(-c2ccccc2)o[n+]1C.[Cl-]. The van der Waals surface area contributed by atoms with Crippen molar-refractivity contribution in [3.63, 3.8) is 0 Å². The molecule has 0 amide bonds. The third kappa shape index (κ3) is 4.01. The van der Waals surface area contributed by atoms with Crippen molar-refractivity contribution < 1.29 is 31.2 Å². The van der Waals surface area contributed by atoms with Crippen LogP contribution in [-0.2, 0) is 16.6 Å². The smallest absolute Gasteiger partial charge is 0.316 e. The molecular weight excluding hydrogens is 286 g/mol. The summed E-state index contributed by atoms with van der Waals surface area (Å²) in [5.41, 5.74) is 1.01. The minimum atomic E-state index is -0.248. The van der Waals surface area contributed by atoms with Crippen LogP contribution in [0.4, 0.5) is 0 Å². The van der Waals surface area contributed by atoms with E-state index in [-0.39, 0.29) is 24.1 Å². The van der Waals surface area contributed by atoms with Crippen LogP contribution in [0.2, 0.25) is 0 Å². The maximum atomic E-state index is 11.1. The zero-order valence-electron chi connectivity index (χ0n) is 10.6. The van der Waals surface area contributed by atoms with E-state index >= 15 is 0 Å². The summed E-state index contributed by atoms with van der Waals surface area (Å²) in [5, 5.41) is 0.888. The molecule has 0 bridgehead atoms. The Labute approximate surface area is 122 Å². The predicted octanol–water partition coefficient (Wildman–Crippen LogP) is -0.960. The third-order valence-corrected chi connectivity index (χ3v) is 3.47. The number of halogens is 1. The number of nitrogens with zero attached hydrogens (tertiary/aromatic N) is 1. The fraction of sp³-hybridized carbons (Fsp3) is 0.231. The van der Waals surface area contributed by atoms with Gasteiger partial charge in [0.15, 0.2) is 7.05 Å². The van der Waals surface area contributed by atoms with Crippen molar-refractivity contribution in [3.8, 4) is 11.3 Å². The first kappa shape index (κ1) is 15.6. The second-order valence-electron chi connectivity index (χ2n) is 3.67. The van der Waals surface area contributed by atoms with Crippen LogP contribution in [0.25, 0.3) is 11.3 Å². The predicted molar refractivity (Wildman–Crippen MR) is 68.1 cm³/mol. The van der Waals surface area contributed by atoms with Gasteiger partial charge in [0.1, 0.15) is 5.75 Å². The molecule has 0 saturated carbocycles. The van der Waals surface area contributed by atoms with Crippen LogP contribution in [0.1, 0.15) is 0 Å². The summed E-state index contributed by atoms with van der Waals surface area (Å²) < 4.78 is 11.9. The van der Waals surface area contributed by atoms with Crippen molar-refractivity contribution in [2.24, 2.45) is 7.05 Å². The molecule has 0 unspecified atom stereocenters. The van der Waals surface area contributed by atoms with E-state index in [1.165, 1.54) is 18.9 Å². The Morgan fingerprint density at radius 3 is 2.68 bits per heavy atom. The van der Waals surface area contributed by atoms with Gasteiger partial charge in [-0.15, -0.1) is 0 Å². The number of esters is 1. The molecule has 0 N–H and O–H groups in total. The normalized spacial score (nSPS) is 9.79. The number of methoxy groups -OCH3 is 1. The minimum absolute atomic E-state index is 0. The van der Waals surface area contributed by atoms with Gasteiger partial charge >= 0.3 is 5.97 Å². The van der Waals surface area contributed by atoms with Gasteiger partial charge in [0, 0.05) is 5.56 Å².